The number of nitrogens with one attached hydrogen (secondary N) is 1. The highest BCUT2D eigenvalue weighted by Gasteiger charge is 2.18. The summed E-state index contributed by atoms with van der Waals surface area (Å²) < 4.78 is 5.18. The SMILES string of the molecule is Nc1cc(C(=O)NC2CCOC2)ccc1Cl. The third kappa shape index (κ3) is 2.46. The highest BCUT2D eigenvalue weighted by Crippen LogP contribution is 2.19. The van der Waals surface area contributed by atoms with Crippen LogP contribution in [0.1, 0.15) is 16.8 Å². The van der Waals surface area contributed by atoms with Crippen LogP contribution in [0, 0.1) is 0 Å². The molecule has 1 amide bonds. The van der Waals surface area contributed by atoms with Gasteiger partial charge in [0.15, 0.2) is 0 Å². The minimum atomic E-state index is -0.140. The van der Waals surface area contributed by atoms with Crippen LogP contribution in [0.15, 0.2) is 18.2 Å². The number of amides is 1. The van der Waals surface area contributed by atoms with E-state index in [1.54, 1.807) is 18.2 Å². The summed E-state index contributed by atoms with van der Waals surface area (Å²) in [7, 11) is 0. The average molecular weight is 241 g/mol. The minimum absolute atomic E-state index is 0.101. The second-order valence-corrected chi connectivity index (χ2v) is 4.18. The second kappa shape index (κ2) is 4.72. The Balaban J connectivity index is 2.05. The second-order valence-electron chi connectivity index (χ2n) is 3.77. The van der Waals surface area contributed by atoms with Crippen molar-refractivity contribution in [3.8, 4) is 0 Å². The van der Waals surface area contributed by atoms with Crippen molar-refractivity contribution < 1.29 is 9.53 Å². The summed E-state index contributed by atoms with van der Waals surface area (Å²) in [6.45, 7) is 1.28. The highest BCUT2D eigenvalue weighted by atomic mass is 35.5. The number of halogens is 1. The first-order chi connectivity index (χ1) is 7.66. The number of anilines is 1. The molecule has 0 aromatic heterocycles. The maximum absolute atomic E-state index is 11.8. The van der Waals surface area contributed by atoms with E-state index >= 15 is 0 Å². The summed E-state index contributed by atoms with van der Waals surface area (Å²) in [4.78, 5) is 11.8. The van der Waals surface area contributed by atoms with E-state index in [0.29, 0.717) is 29.5 Å². The van der Waals surface area contributed by atoms with Crippen LogP contribution < -0.4 is 11.1 Å². The number of rotatable bonds is 2. The van der Waals surface area contributed by atoms with Crippen molar-refractivity contribution in [3.63, 3.8) is 0 Å². The molecule has 86 valence electrons. The van der Waals surface area contributed by atoms with Crippen LogP contribution in [-0.2, 0) is 4.74 Å². The van der Waals surface area contributed by atoms with Gasteiger partial charge < -0.3 is 15.8 Å². The molecule has 3 N–H and O–H groups in total. The van der Waals surface area contributed by atoms with E-state index in [1.807, 2.05) is 0 Å². The van der Waals surface area contributed by atoms with Gasteiger partial charge in [0.05, 0.1) is 23.4 Å². The van der Waals surface area contributed by atoms with Crippen LogP contribution in [0.25, 0.3) is 0 Å². The maximum Gasteiger partial charge on any atom is 0.251 e. The zero-order valence-electron chi connectivity index (χ0n) is 8.70. The number of carbonyl (C=O) groups is 1. The standard InChI is InChI=1S/C11H13ClN2O2/c12-9-2-1-7(5-10(9)13)11(15)14-8-3-4-16-6-8/h1-2,5,8H,3-4,6,13H2,(H,14,15). The fourth-order valence-electron chi connectivity index (χ4n) is 1.60. The molecule has 0 radical (unpaired) electrons. The number of hydrogen-bond acceptors (Lipinski definition) is 3. The highest BCUT2D eigenvalue weighted by molar-refractivity contribution is 6.33. The van der Waals surface area contributed by atoms with Crippen molar-refractivity contribution in [1.82, 2.24) is 5.32 Å². The predicted molar refractivity (Wildman–Crippen MR) is 62.6 cm³/mol. The van der Waals surface area contributed by atoms with Crippen LogP contribution in [0.4, 0.5) is 5.69 Å². The van der Waals surface area contributed by atoms with Crippen LogP contribution in [0.5, 0.6) is 0 Å². The molecule has 0 spiro atoms. The molecule has 1 aliphatic heterocycles. The van der Waals surface area contributed by atoms with Gasteiger partial charge in [-0.25, -0.2) is 0 Å². The molecule has 0 bridgehead atoms. The van der Waals surface area contributed by atoms with E-state index in [-0.39, 0.29) is 11.9 Å². The smallest absolute Gasteiger partial charge is 0.251 e. The van der Waals surface area contributed by atoms with Crippen molar-refractivity contribution >= 4 is 23.2 Å². The molecule has 0 saturated carbocycles. The molecule has 1 aromatic rings. The van der Waals surface area contributed by atoms with Crippen LogP contribution in [0.3, 0.4) is 0 Å². The van der Waals surface area contributed by atoms with Gasteiger partial charge >= 0.3 is 0 Å². The molecule has 1 saturated heterocycles. The van der Waals surface area contributed by atoms with Gasteiger partial charge in [0.25, 0.3) is 5.91 Å². The monoisotopic (exact) mass is 240 g/mol. The largest absolute Gasteiger partial charge is 0.398 e. The van der Waals surface area contributed by atoms with E-state index in [9.17, 15) is 4.79 Å². The van der Waals surface area contributed by atoms with E-state index in [1.165, 1.54) is 0 Å². The summed E-state index contributed by atoms with van der Waals surface area (Å²) in [5.74, 6) is -0.140. The normalized spacial score (nSPS) is 19.7. The van der Waals surface area contributed by atoms with Gasteiger partial charge in [0, 0.05) is 12.2 Å². The Morgan fingerprint density at radius 3 is 3.00 bits per heavy atom. The van der Waals surface area contributed by atoms with Crippen LogP contribution in [-0.4, -0.2) is 25.2 Å². The summed E-state index contributed by atoms with van der Waals surface area (Å²) in [6.07, 6.45) is 0.856. The van der Waals surface area contributed by atoms with Gasteiger partial charge in [-0.15, -0.1) is 0 Å². The Morgan fingerprint density at radius 1 is 1.56 bits per heavy atom. The number of nitrogen functional groups attached to an aromatic ring is 1. The van der Waals surface area contributed by atoms with Crippen molar-refractivity contribution in [2.24, 2.45) is 0 Å². The molecule has 1 unspecified atom stereocenters. The molecular formula is C11H13ClN2O2. The summed E-state index contributed by atoms with van der Waals surface area (Å²) in [6, 6.07) is 4.96. The van der Waals surface area contributed by atoms with E-state index in [4.69, 9.17) is 22.1 Å². The minimum Gasteiger partial charge on any atom is -0.398 e. The average Bonchev–Trinajstić information content (AvgIpc) is 2.74. The quantitative estimate of drug-likeness (QED) is 0.769. The summed E-state index contributed by atoms with van der Waals surface area (Å²) >= 11 is 5.78. The third-order valence-corrected chi connectivity index (χ3v) is 2.87. The van der Waals surface area contributed by atoms with Crippen LogP contribution >= 0.6 is 11.6 Å². The van der Waals surface area contributed by atoms with Gasteiger partial charge in [-0.05, 0) is 24.6 Å². The lowest BCUT2D eigenvalue weighted by atomic mass is 10.1. The molecule has 16 heavy (non-hydrogen) atoms. The first kappa shape index (κ1) is 11.2. The zero-order valence-corrected chi connectivity index (χ0v) is 9.46. The van der Waals surface area contributed by atoms with E-state index < -0.39 is 0 Å². The number of nitrogens with two attached hydrogens (primary N) is 1. The van der Waals surface area contributed by atoms with Crippen molar-refractivity contribution in [2.45, 2.75) is 12.5 Å². The lowest BCUT2D eigenvalue weighted by Crippen LogP contribution is -2.35. The predicted octanol–water partition coefficient (Wildman–Crippen LogP) is 1.44. The summed E-state index contributed by atoms with van der Waals surface area (Å²) in [5, 5.41) is 3.34. The fourth-order valence-corrected chi connectivity index (χ4v) is 1.72. The van der Waals surface area contributed by atoms with Crippen molar-refractivity contribution in [3.05, 3.63) is 28.8 Å². The fraction of sp³-hybridized carbons (Fsp3) is 0.364. The van der Waals surface area contributed by atoms with Gasteiger partial charge in [-0.2, -0.15) is 0 Å². The van der Waals surface area contributed by atoms with Gasteiger partial charge in [-0.3, -0.25) is 4.79 Å². The van der Waals surface area contributed by atoms with Gasteiger partial charge in [0.1, 0.15) is 0 Å². The number of benzene rings is 1. The molecule has 1 aromatic carbocycles. The first-order valence-electron chi connectivity index (χ1n) is 5.10. The Bertz CT molecular complexity index is 403. The molecule has 1 aliphatic rings. The molecule has 1 heterocycles. The topological polar surface area (TPSA) is 64.4 Å². The lowest BCUT2D eigenvalue weighted by molar-refractivity contribution is 0.0930. The molecule has 0 aliphatic carbocycles. The molecule has 4 nitrogen and oxygen atoms in total. The Morgan fingerprint density at radius 2 is 2.38 bits per heavy atom. The van der Waals surface area contributed by atoms with E-state index in [2.05, 4.69) is 5.32 Å². The molecular weight excluding hydrogens is 228 g/mol. The van der Waals surface area contributed by atoms with Crippen molar-refractivity contribution in [1.29, 1.82) is 0 Å². The number of carbonyl (C=O) groups excluding carboxylic acids is 1. The molecule has 1 fully saturated rings. The molecule has 5 heteroatoms. The lowest BCUT2D eigenvalue weighted by Gasteiger charge is -2.11. The van der Waals surface area contributed by atoms with Gasteiger partial charge in [0.2, 0.25) is 0 Å². The summed E-state index contributed by atoms with van der Waals surface area (Å²) in [5.41, 5.74) is 6.57. The zero-order chi connectivity index (χ0) is 11.5. The Labute approximate surface area is 98.7 Å². The van der Waals surface area contributed by atoms with Crippen LogP contribution in [0.2, 0.25) is 5.02 Å². The number of ether oxygens (including phenoxy) is 1. The third-order valence-electron chi connectivity index (χ3n) is 2.52. The Hall–Kier alpha value is -1.26. The van der Waals surface area contributed by atoms with Gasteiger partial charge in [-0.1, -0.05) is 11.6 Å². The Kier molecular flexibility index (Phi) is 3.31. The molecule has 2 rings (SSSR count). The number of hydrogen-bond donors (Lipinski definition) is 2. The van der Waals surface area contributed by atoms with E-state index in [0.717, 1.165) is 6.42 Å². The van der Waals surface area contributed by atoms with Crippen molar-refractivity contribution in [2.75, 3.05) is 18.9 Å². The first-order valence-corrected chi connectivity index (χ1v) is 5.48. The molecule has 1 atom stereocenters. The maximum atomic E-state index is 11.8.